The van der Waals surface area contributed by atoms with Crippen LogP contribution in [0.2, 0.25) is 0 Å². The summed E-state index contributed by atoms with van der Waals surface area (Å²) < 4.78 is 10.4. The van der Waals surface area contributed by atoms with Gasteiger partial charge in [0.2, 0.25) is 5.82 Å². The first kappa shape index (κ1) is 14.6. The molecule has 0 saturated carbocycles. The van der Waals surface area contributed by atoms with Crippen LogP contribution in [0.25, 0.3) is 10.8 Å². The van der Waals surface area contributed by atoms with Crippen molar-refractivity contribution < 1.29 is 29.7 Å². The fraction of sp³-hybridized carbons (Fsp3) is 0.500. The number of hydrogen-bond donors (Lipinski definition) is 4. The summed E-state index contributed by atoms with van der Waals surface area (Å²) in [5.41, 5.74) is 0. The molecule has 0 aromatic carbocycles. The number of hydrogen-bond acceptors (Lipinski definition) is 9. The van der Waals surface area contributed by atoms with Crippen LogP contribution < -0.4 is 0 Å². The molecule has 2 aromatic rings. The lowest BCUT2D eigenvalue weighted by Crippen LogP contribution is -2.55. The van der Waals surface area contributed by atoms with Gasteiger partial charge in [-0.3, -0.25) is 0 Å². The van der Waals surface area contributed by atoms with Gasteiger partial charge in [-0.2, -0.15) is 4.98 Å². The Morgan fingerprint density at radius 1 is 1.19 bits per heavy atom. The number of thiophene rings is 1. The van der Waals surface area contributed by atoms with Crippen molar-refractivity contribution in [3.8, 4) is 10.8 Å². The third kappa shape index (κ3) is 2.59. The molecule has 0 aliphatic carbocycles. The van der Waals surface area contributed by atoms with Crippen LogP contribution >= 0.6 is 11.3 Å². The number of aliphatic hydroxyl groups is 4. The fourth-order valence-electron chi connectivity index (χ4n) is 2.17. The molecule has 114 valence electrons. The molecule has 1 aliphatic heterocycles. The number of rotatable bonds is 3. The standard InChI is InChI=1S/C12H14N2O6S/c15-4-5-7(16)8(17)9(18)10(19-5)11-13-12(20-14-11)6-2-1-3-21-6/h1-3,5,7-10,15-18H,4H2/t5-,7-,8+,9-,10-/m1/s1. The van der Waals surface area contributed by atoms with Gasteiger partial charge in [-0.25, -0.2) is 0 Å². The Kier molecular flexibility index (Phi) is 4.02. The molecule has 1 aliphatic rings. The molecule has 4 N–H and O–H groups in total. The van der Waals surface area contributed by atoms with E-state index in [-0.39, 0.29) is 11.7 Å². The Morgan fingerprint density at radius 2 is 2.00 bits per heavy atom. The van der Waals surface area contributed by atoms with Crippen LogP contribution in [0.5, 0.6) is 0 Å². The monoisotopic (exact) mass is 314 g/mol. The molecule has 9 heteroatoms. The summed E-state index contributed by atoms with van der Waals surface area (Å²) in [6.07, 6.45) is -6.39. The predicted molar refractivity (Wildman–Crippen MR) is 70.3 cm³/mol. The van der Waals surface area contributed by atoms with E-state index in [0.29, 0.717) is 0 Å². The summed E-state index contributed by atoms with van der Waals surface area (Å²) in [4.78, 5) is 4.89. The molecule has 8 nitrogen and oxygen atoms in total. The van der Waals surface area contributed by atoms with Crippen molar-refractivity contribution in [2.24, 2.45) is 0 Å². The maximum Gasteiger partial charge on any atom is 0.268 e. The molecule has 1 saturated heterocycles. The highest BCUT2D eigenvalue weighted by atomic mass is 32.1. The lowest BCUT2D eigenvalue weighted by atomic mass is 9.95. The molecule has 0 amide bonds. The molecule has 0 spiro atoms. The third-order valence-electron chi connectivity index (χ3n) is 3.32. The lowest BCUT2D eigenvalue weighted by Gasteiger charge is -2.38. The lowest BCUT2D eigenvalue weighted by molar-refractivity contribution is -0.233. The molecule has 3 heterocycles. The minimum absolute atomic E-state index is 0.0512. The Balaban J connectivity index is 1.85. The van der Waals surface area contributed by atoms with E-state index in [0.717, 1.165) is 4.88 Å². The van der Waals surface area contributed by atoms with Crippen LogP contribution in [0.15, 0.2) is 22.0 Å². The van der Waals surface area contributed by atoms with Gasteiger partial charge in [-0.1, -0.05) is 11.2 Å². The average molecular weight is 314 g/mol. The smallest absolute Gasteiger partial charge is 0.268 e. The SMILES string of the molecule is OC[C@H]1O[C@@H](c2noc(-c3cccs3)n2)[C@H](O)[C@@H](O)[C@@H]1O. The molecule has 5 atom stereocenters. The number of aromatic nitrogens is 2. The molecular formula is C12H14N2O6S. The first-order valence-corrected chi connectivity index (χ1v) is 7.17. The first-order chi connectivity index (χ1) is 10.1. The zero-order chi connectivity index (χ0) is 15.0. The normalized spacial score (nSPS) is 33.2. The van der Waals surface area contributed by atoms with Crippen molar-refractivity contribution in [2.45, 2.75) is 30.5 Å². The van der Waals surface area contributed by atoms with E-state index in [2.05, 4.69) is 10.1 Å². The highest BCUT2D eigenvalue weighted by molar-refractivity contribution is 7.13. The van der Waals surface area contributed by atoms with Crippen molar-refractivity contribution in [3.63, 3.8) is 0 Å². The molecule has 2 aromatic heterocycles. The number of aliphatic hydroxyl groups excluding tert-OH is 4. The Bertz CT molecular complexity index is 586. The van der Waals surface area contributed by atoms with Crippen LogP contribution in [-0.4, -0.2) is 61.6 Å². The Hall–Kier alpha value is -1.36. The summed E-state index contributed by atoms with van der Waals surface area (Å²) in [5.74, 6) is 0.326. The molecule has 3 rings (SSSR count). The fourth-order valence-corrected chi connectivity index (χ4v) is 2.81. The number of nitrogens with zero attached hydrogens (tertiary/aromatic N) is 2. The molecule has 0 radical (unpaired) electrons. The topological polar surface area (TPSA) is 129 Å². The van der Waals surface area contributed by atoms with Gasteiger partial charge in [-0.05, 0) is 11.4 Å². The Morgan fingerprint density at radius 3 is 2.67 bits per heavy atom. The van der Waals surface area contributed by atoms with E-state index in [1.165, 1.54) is 11.3 Å². The van der Waals surface area contributed by atoms with Gasteiger partial charge in [-0.15, -0.1) is 11.3 Å². The van der Waals surface area contributed by atoms with Gasteiger partial charge in [0.15, 0.2) is 0 Å². The summed E-state index contributed by atoms with van der Waals surface area (Å²) in [7, 11) is 0. The zero-order valence-corrected chi connectivity index (χ0v) is 11.6. The minimum Gasteiger partial charge on any atom is -0.394 e. The van der Waals surface area contributed by atoms with E-state index in [1.807, 2.05) is 11.4 Å². The van der Waals surface area contributed by atoms with Crippen molar-refractivity contribution in [1.82, 2.24) is 10.1 Å². The van der Waals surface area contributed by atoms with E-state index < -0.39 is 37.1 Å². The highest BCUT2D eigenvalue weighted by Gasteiger charge is 2.45. The second-order valence-corrected chi connectivity index (χ2v) is 5.63. The zero-order valence-electron chi connectivity index (χ0n) is 10.7. The van der Waals surface area contributed by atoms with Crippen molar-refractivity contribution in [1.29, 1.82) is 0 Å². The van der Waals surface area contributed by atoms with Gasteiger partial charge in [0, 0.05) is 0 Å². The van der Waals surface area contributed by atoms with Crippen LogP contribution in [0.3, 0.4) is 0 Å². The molecule has 0 bridgehead atoms. The molecular weight excluding hydrogens is 300 g/mol. The van der Waals surface area contributed by atoms with Crippen LogP contribution in [0.4, 0.5) is 0 Å². The average Bonchev–Trinajstić information content (AvgIpc) is 3.15. The van der Waals surface area contributed by atoms with Gasteiger partial charge in [0.25, 0.3) is 5.89 Å². The quantitative estimate of drug-likeness (QED) is 0.586. The summed E-state index contributed by atoms with van der Waals surface area (Å²) in [5, 5.41) is 44.2. The van der Waals surface area contributed by atoms with Crippen LogP contribution in [0.1, 0.15) is 11.9 Å². The van der Waals surface area contributed by atoms with Crippen LogP contribution in [-0.2, 0) is 4.74 Å². The van der Waals surface area contributed by atoms with Gasteiger partial charge in [0.05, 0.1) is 11.5 Å². The van der Waals surface area contributed by atoms with Crippen molar-refractivity contribution >= 4 is 11.3 Å². The van der Waals surface area contributed by atoms with E-state index in [9.17, 15) is 15.3 Å². The van der Waals surface area contributed by atoms with Crippen molar-refractivity contribution in [2.75, 3.05) is 6.61 Å². The summed E-state index contributed by atoms with van der Waals surface area (Å²) >= 11 is 1.41. The first-order valence-electron chi connectivity index (χ1n) is 6.30. The Labute approximate surface area is 123 Å². The summed E-state index contributed by atoms with van der Waals surface area (Å²) in [6.45, 7) is -0.503. The highest BCUT2D eigenvalue weighted by Crippen LogP contribution is 2.32. The maximum atomic E-state index is 9.98. The van der Waals surface area contributed by atoms with Crippen molar-refractivity contribution in [3.05, 3.63) is 23.3 Å². The van der Waals surface area contributed by atoms with Gasteiger partial charge >= 0.3 is 0 Å². The van der Waals surface area contributed by atoms with Gasteiger partial charge in [0.1, 0.15) is 30.5 Å². The summed E-state index contributed by atoms with van der Waals surface area (Å²) in [6, 6.07) is 3.63. The number of ether oxygens (including phenoxy) is 1. The van der Waals surface area contributed by atoms with Crippen LogP contribution in [0, 0.1) is 0 Å². The van der Waals surface area contributed by atoms with E-state index in [4.69, 9.17) is 14.4 Å². The molecule has 0 unspecified atom stereocenters. The largest absolute Gasteiger partial charge is 0.394 e. The maximum absolute atomic E-state index is 9.98. The third-order valence-corrected chi connectivity index (χ3v) is 4.18. The molecule has 1 fully saturated rings. The predicted octanol–water partition coefficient (Wildman–Crippen LogP) is -0.687. The second kappa shape index (κ2) is 5.79. The van der Waals surface area contributed by atoms with E-state index >= 15 is 0 Å². The van der Waals surface area contributed by atoms with Gasteiger partial charge < -0.3 is 29.7 Å². The van der Waals surface area contributed by atoms with E-state index in [1.54, 1.807) is 6.07 Å². The molecule has 21 heavy (non-hydrogen) atoms. The minimum atomic E-state index is -1.47. The second-order valence-electron chi connectivity index (χ2n) is 4.68.